The van der Waals surface area contributed by atoms with E-state index in [1.54, 1.807) is 37.2 Å². The number of para-hydroxylation sites is 2. The predicted molar refractivity (Wildman–Crippen MR) is 171 cm³/mol. The van der Waals surface area contributed by atoms with Crippen LogP contribution < -0.4 is 0 Å². The summed E-state index contributed by atoms with van der Waals surface area (Å²) in [6.07, 6.45) is 10.1. The maximum absolute atomic E-state index is 4.95. The Balaban J connectivity index is 1.17. The summed E-state index contributed by atoms with van der Waals surface area (Å²) in [4.78, 5) is 37.1. The first-order chi connectivity index (χ1) is 21.8. The Morgan fingerprint density at radius 2 is 0.909 bits per heavy atom. The molecule has 0 aliphatic rings. The number of fused-ring (bicyclic) bond motifs is 2. The van der Waals surface area contributed by atoms with Gasteiger partial charge in [-0.2, -0.15) is 0 Å². The molecule has 8 nitrogen and oxygen atoms in total. The van der Waals surface area contributed by atoms with Crippen molar-refractivity contribution >= 4 is 21.8 Å². The molecule has 8 rings (SSSR count). The lowest BCUT2D eigenvalue weighted by atomic mass is 10.0. The van der Waals surface area contributed by atoms with Crippen LogP contribution in [0.5, 0.6) is 0 Å². The largest absolute Gasteiger partial charge is 0.261 e. The van der Waals surface area contributed by atoms with Gasteiger partial charge in [-0.05, 0) is 29.3 Å². The summed E-state index contributed by atoms with van der Waals surface area (Å²) in [5.74, 6) is 1.26. The molecule has 0 atom stereocenters. The van der Waals surface area contributed by atoms with Gasteiger partial charge in [-0.3, -0.25) is 19.9 Å². The van der Waals surface area contributed by atoms with E-state index in [1.165, 1.54) is 0 Å². The van der Waals surface area contributed by atoms with E-state index < -0.39 is 0 Å². The molecule has 8 aromatic rings. The predicted octanol–water partition coefficient (Wildman–Crippen LogP) is 7.49. The van der Waals surface area contributed by atoms with Crippen LogP contribution in [0.25, 0.3) is 78.5 Å². The van der Waals surface area contributed by atoms with Gasteiger partial charge in [0.05, 0.1) is 23.4 Å². The van der Waals surface area contributed by atoms with Crippen molar-refractivity contribution in [2.24, 2.45) is 0 Å². The van der Waals surface area contributed by atoms with Gasteiger partial charge >= 0.3 is 0 Å². The normalized spacial score (nSPS) is 11.2. The average molecular weight is 567 g/mol. The van der Waals surface area contributed by atoms with Crippen LogP contribution in [-0.4, -0.2) is 39.9 Å². The van der Waals surface area contributed by atoms with Crippen molar-refractivity contribution in [3.8, 4) is 56.7 Å². The Labute approximate surface area is 252 Å². The fraction of sp³-hybridized carbons (Fsp3) is 0. The fourth-order valence-electron chi connectivity index (χ4n) is 5.29. The molecule has 0 fully saturated rings. The summed E-state index contributed by atoms with van der Waals surface area (Å²) in [6, 6.07) is 32.4. The molecule has 0 saturated heterocycles. The Kier molecular flexibility index (Phi) is 6.27. The molecule has 0 N–H and O–H groups in total. The lowest BCUT2D eigenvalue weighted by Gasteiger charge is -2.10. The molecule has 4 heterocycles. The van der Waals surface area contributed by atoms with Gasteiger partial charge in [0.1, 0.15) is 22.8 Å². The van der Waals surface area contributed by atoms with Crippen molar-refractivity contribution in [2.75, 3.05) is 0 Å². The summed E-state index contributed by atoms with van der Waals surface area (Å²) in [6.45, 7) is 0. The highest BCUT2D eigenvalue weighted by atomic mass is 14.9. The number of hydrogen-bond acceptors (Lipinski definition) is 8. The number of rotatable bonds is 5. The first-order valence-electron chi connectivity index (χ1n) is 14.1. The van der Waals surface area contributed by atoms with E-state index in [0.29, 0.717) is 23.0 Å². The number of benzene rings is 4. The van der Waals surface area contributed by atoms with Gasteiger partial charge in [-0.1, -0.05) is 78.9 Å². The second-order valence-electron chi connectivity index (χ2n) is 10.2. The van der Waals surface area contributed by atoms with E-state index in [0.717, 1.165) is 55.4 Å². The topological polar surface area (TPSA) is 103 Å². The van der Waals surface area contributed by atoms with Crippen molar-refractivity contribution in [3.05, 3.63) is 134 Å². The van der Waals surface area contributed by atoms with Crippen molar-refractivity contribution in [2.45, 2.75) is 0 Å². The molecule has 4 aromatic heterocycles. The second kappa shape index (κ2) is 10.8. The van der Waals surface area contributed by atoms with Crippen LogP contribution in [0.2, 0.25) is 0 Å². The van der Waals surface area contributed by atoms with Gasteiger partial charge in [0, 0.05) is 46.7 Å². The van der Waals surface area contributed by atoms with Gasteiger partial charge in [0.25, 0.3) is 0 Å². The minimum Gasteiger partial charge on any atom is -0.261 e. The Morgan fingerprint density at radius 1 is 0.386 bits per heavy atom. The third-order valence-corrected chi connectivity index (χ3v) is 7.42. The molecule has 0 radical (unpaired) electrons. The summed E-state index contributed by atoms with van der Waals surface area (Å²) in [7, 11) is 0. The Hall–Kier alpha value is -6.28. The quantitative estimate of drug-likeness (QED) is 0.211. The van der Waals surface area contributed by atoms with Crippen LogP contribution in [0.15, 0.2) is 134 Å². The Bertz CT molecular complexity index is 2270. The first kappa shape index (κ1) is 25.4. The van der Waals surface area contributed by atoms with E-state index in [1.807, 2.05) is 72.8 Å². The highest BCUT2D eigenvalue weighted by Crippen LogP contribution is 2.32. The van der Waals surface area contributed by atoms with E-state index in [4.69, 9.17) is 19.9 Å². The molecular weight excluding hydrogens is 544 g/mol. The average Bonchev–Trinajstić information content (AvgIpc) is 3.11. The molecule has 44 heavy (non-hydrogen) atoms. The SMILES string of the molecule is c1cc(-c2ccc(-c3nc(-c4cnccn4)c4ccccc4n3)cc2)cc(-c2nc(-c3cnccn3)c3ccccc3n2)c1. The molecule has 0 unspecified atom stereocenters. The number of hydrogen-bond donors (Lipinski definition) is 0. The number of aromatic nitrogens is 8. The maximum Gasteiger partial charge on any atom is 0.160 e. The van der Waals surface area contributed by atoms with Crippen LogP contribution in [0.1, 0.15) is 0 Å². The lowest BCUT2D eigenvalue weighted by molar-refractivity contribution is 1.16. The zero-order valence-electron chi connectivity index (χ0n) is 23.3. The lowest BCUT2D eigenvalue weighted by Crippen LogP contribution is -1.97. The van der Waals surface area contributed by atoms with Crippen molar-refractivity contribution in [3.63, 3.8) is 0 Å². The van der Waals surface area contributed by atoms with E-state index in [9.17, 15) is 0 Å². The molecule has 0 aliphatic carbocycles. The Morgan fingerprint density at radius 3 is 1.48 bits per heavy atom. The molecule has 0 bridgehead atoms. The first-order valence-corrected chi connectivity index (χ1v) is 14.1. The summed E-state index contributed by atoms with van der Waals surface area (Å²) >= 11 is 0. The highest BCUT2D eigenvalue weighted by Gasteiger charge is 2.15. The molecule has 0 spiro atoms. The smallest absolute Gasteiger partial charge is 0.160 e. The highest BCUT2D eigenvalue weighted by molar-refractivity contribution is 5.93. The molecule has 8 heteroatoms. The maximum atomic E-state index is 4.95. The third-order valence-electron chi connectivity index (χ3n) is 7.42. The zero-order valence-corrected chi connectivity index (χ0v) is 23.3. The van der Waals surface area contributed by atoms with Crippen LogP contribution in [0.3, 0.4) is 0 Å². The summed E-state index contributed by atoms with van der Waals surface area (Å²) in [5, 5.41) is 1.87. The van der Waals surface area contributed by atoms with Gasteiger partial charge in [0.2, 0.25) is 0 Å². The molecule has 0 amide bonds. The van der Waals surface area contributed by atoms with E-state index in [-0.39, 0.29) is 0 Å². The second-order valence-corrected chi connectivity index (χ2v) is 10.2. The van der Waals surface area contributed by atoms with Crippen LogP contribution in [0.4, 0.5) is 0 Å². The van der Waals surface area contributed by atoms with E-state index in [2.05, 4.69) is 44.2 Å². The van der Waals surface area contributed by atoms with Crippen LogP contribution in [-0.2, 0) is 0 Å². The van der Waals surface area contributed by atoms with Gasteiger partial charge < -0.3 is 0 Å². The summed E-state index contributed by atoms with van der Waals surface area (Å²) < 4.78 is 0. The third kappa shape index (κ3) is 4.70. The molecule has 4 aromatic carbocycles. The number of nitrogens with zero attached hydrogens (tertiary/aromatic N) is 8. The van der Waals surface area contributed by atoms with Crippen LogP contribution >= 0.6 is 0 Å². The van der Waals surface area contributed by atoms with Gasteiger partial charge in [-0.15, -0.1) is 0 Å². The van der Waals surface area contributed by atoms with E-state index >= 15 is 0 Å². The molecular formula is C36H22N8. The fourth-order valence-corrected chi connectivity index (χ4v) is 5.29. The van der Waals surface area contributed by atoms with Crippen molar-refractivity contribution < 1.29 is 0 Å². The standard InChI is InChI=1S/C36H22N8/c1-3-10-29-27(8-1)33(31-21-37-16-18-39-31)43-35(41-29)24-14-12-23(13-15-24)25-6-5-7-26(20-25)36-42-30-11-4-2-9-28(30)34(44-36)32-22-38-17-19-40-32/h1-22H. The molecule has 206 valence electrons. The molecule has 0 saturated carbocycles. The summed E-state index contributed by atoms with van der Waals surface area (Å²) in [5.41, 5.74) is 8.55. The van der Waals surface area contributed by atoms with Gasteiger partial charge in [-0.25, -0.2) is 19.9 Å². The van der Waals surface area contributed by atoms with Gasteiger partial charge in [0.15, 0.2) is 11.6 Å². The van der Waals surface area contributed by atoms with Crippen molar-refractivity contribution in [1.29, 1.82) is 0 Å². The van der Waals surface area contributed by atoms with Crippen molar-refractivity contribution in [1.82, 2.24) is 39.9 Å². The zero-order chi connectivity index (χ0) is 29.3. The van der Waals surface area contributed by atoms with Crippen LogP contribution in [0, 0.1) is 0 Å². The molecule has 0 aliphatic heterocycles. The monoisotopic (exact) mass is 566 g/mol. The minimum atomic E-state index is 0.629. The minimum absolute atomic E-state index is 0.629.